The minimum Gasteiger partial charge on any atom is -0.377 e. The first-order valence-corrected chi connectivity index (χ1v) is 5.28. The summed E-state index contributed by atoms with van der Waals surface area (Å²) in [5, 5.41) is 2.37. The maximum absolute atomic E-state index is 11.4. The Morgan fingerprint density at radius 2 is 1.88 bits per heavy atom. The first-order chi connectivity index (χ1) is 7.79. The fourth-order valence-electron chi connectivity index (χ4n) is 1.79. The molecule has 0 aliphatic heterocycles. The number of hydrogen-bond acceptors (Lipinski definition) is 2. The number of methoxy groups -OCH3 is 1. The van der Waals surface area contributed by atoms with Gasteiger partial charge >= 0.3 is 0 Å². The van der Waals surface area contributed by atoms with E-state index in [1.165, 1.54) is 17.9 Å². The Morgan fingerprint density at radius 1 is 1.12 bits per heavy atom. The number of hydrogen-bond donors (Lipinski definition) is 0. The Morgan fingerprint density at radius 3 is 2.62 bits per heavy atom. The van der Waals surface area contributed by atoms with E-state index in [2.05, 4.69) is 18.2 Å². The van der Waals surface area contributed by atoms with Crippen molar-refractivity contribution in [3.63, 3.8) is 0 Å². The predicted molar refractivity (Wildman–Crippen MR) is 64.5 cm³/mol. The number of Topliss-reactive ketones (excluding diaryl/α,β-unsaturated/α-hetero) is 1. The zero-order valence-corrected chi connectivity index (χ0v) is 9.27. The van der Waals surface area contributed by atoms with Gasteiger partial charge < -0.3 is 4.74 Å². The van der Waals surface area contributed by atoms with Gasteiger partial charge in [0, 0.05) is 13.5 Å². The first-order valence-electron chi connectivity index (χ1n) is 5.28. The van der Waals surface area contributed by atoms with Crippen LogP contribution in [0.15, 0.2) is 42.5 Å². The summed E-state index contributed by atoms with van der Waals surface area (Å²) in [5.74, 6) is 0.109. The zero-order chi connectivity index (χ0) is 11.4. The van der Waals surface area contributed by atoms with Crippen LogP contribution in [-0.2, 0) is 16.0 Å². The van der Waals surface area contributed by atoms with Crippen LogP contribution in [-0.4, -0.2) is 19.5 Å². The number of ketones is 1. The van der Waals surface area contributed by atoms with Crippen molar-refractivity contribution in [3.05, 3.63) is 48.0 Å². The van der Waals surface area contributed by atoms with Crippen molar-refractivity contribution in [1.82, 2.24) is 0 Å². The van der Waals surface area contributed by atoms with Gasteiger partial charge in [0.1, 0.15) is 6.61 Å². The Balaban J connectivity index is 2.22. The second kappa shape index (κ2) is 4.90. The lowest BCUT2D eigenvalue weighted by molar-refractivity contribution is -0.121. The van der Waals surface area contributed by atoms with Gasteiger partial charge in [0.05, 0.1) is 0 Å². The normalized spacial score (nSPS) is 10.6. The van der Waals surface area contributed by atoms with Crippen LogP contribution in [0.5, 0.6) is 0 Å². The van der Waals surface area contributed by atoms with Gasteiger partial charge in [-0.3, -0.25) is 4.79 Å². The SMILES string of the molecule is COCC(=O)Cc1ccc2ccccc2c1. The van der Waals surface area contributed by atoms with E-state index in [-0.39, 0.29) is 12.4 Å². The zero-order valence-electron chi connectivity index (χ0n) is 9.27. The highest BCUT2D eigenvalue weighted by Gasteiger charge is 2.03. The van der Waals surface area contributed by atoms with Crippen LogP contribution in [0, 0.1) is 0 Å². The second-order valence-corrected chi connectivity index (χ2v) is 3.83. The molecule has 0 saturated carbocycles. The Bertz CT molecular complexity index is 503. The van der Waals surface area contributed by atoms with E-state index in [1.54, 1.807) is 0 Å². The number of ether oxygens (including phenoxy) is 1. The second-order valence-electron chi connectivity index (χ2n) is 3.83. The molecule has 0 amide bonds. The average Bonchev–Trinajstić information content (AvgIpc) is 2.29. The molecule has 2 aromatic rings. The highest BCUT2D eigenvalue weighted by atomic mass is 16.5. The molecule has 0 radical (unpaired) electrons. The molecule has 0 aliphatic carbocycles. The Labute approximate surface area is 94.8 Å². The molecule has 0 bridgehead atoms. The van der Waals surface area contributed by atoms with Gasteiger partial charge in [0.25, 0.3) is 0 Å². The van der Waals surface area contributed by atoms with Gasteiger partial charge in [-0.15, -0.1) is 0 Å². The van der Waals surface area contributed by atoms with Crippen molar-refractivity contribution >= 4 is 16.6 Å². The fraction of sp³-hybridized carbons (Fsp3) is 0.214. The van der Waals surface area contributed by atoms with E-state index < -0.39 is 0 Å². The van der Waals surface area contributed by atoms with Crippen LogP contribution in [0.3, 0.4) is 0 Å². The highest BCUT2D eigenvalue weighted by molar-refractivity contribution is 5.86. The molecule has 0 heterocycles. The molecular weight excluding hydrogens is 200 g/mol. The van der Waals surface area contributed by atoms with E-state index in [0.29, 0.717) is 6.42 Å². The van der Waals surface area contributed by atoms with E-state index in [4.69, 9.17) is 4.74 Å². The maximum atomic E-state index is 11.4. The van der Waals surface area contributed by atoms with Gasteiger partial charge in [-0.1, -0.05) is 42.5 Å². The third-order valence-corrected chi connectivity index (χ3v) is 2.52. The minimum atomic E-state index is 0.109. The summed E-state index contributed by atoms with van der Waals surface area (Å²) >= 11 is 0. The molecule has 2 aromatic carbocycles. The first kappa shape index (κ1) is 10.8. The molecule has 0 spiro atoms. The van der Waals surface area contributed by atoms with E-state index >= 15 is 0 Å². The largest absolute Gasteiger partial charge is 0.377 e. The van der Waals surface area contributed by atoms with Crippen molar-refractivity contribution in [2.45, 2.75) is 6.42 Å². The van der Waals surface area contributed by atoms with E-state index in [9.17, 15) is 4.79 Å². The van der Waals surface area contributed by atoms with Crippen molar-refractivity contribution in [2.24, 2.45) is 0 Å². The van der Waals surface area contributed by atoms with Gasteiger partial charge in [0.2, 0.25) is 0 Å². The molecule has 2 rings (SSSR count). The summed E-state index contributed by atoms with van der Waals surface area (Å²) < 4.78 is 4.81. The summed E-state index contributed by atoms with van der Waals surface area (Å²) in [6.45, 7) is 0.187. The van der Waals surface area contributed by atoms with Crippen LogP contribution in [0.25, 0.3) is 10.8 Å². The van der Waals surface area contributed by atoms with Gasteiger partial charge in [-0.2, -0.15) is 0 Å². The van der Waals surface area contributed by atoms with E-state index in [0.717, 1.165) is 5.56 Å². The summed E-state index contributed by atoms with van der Waals surface area (Å²) in [7, 11) is 1.54. The van der Waals surface area contributed by atoms with Crippen LogP contribution in [0.2, 0.25) is 0 Å². The average molecular weight is 214 g/mol. The van der Waals surface area contributed by atoms with Gasteiger partial charge in [-0.05, 0) is 16.3 Å². The summed E-state index contributed by atoms with van der Waals surface area (Å²) in [6, 6.07) is 14.2. The smallest absolute Gasteiger partial charge is 0.162 e. The van der Waals surface area contributed by atoms with Crippen LogP contribution < -0.4 is 0 Å². The molecule has 16 heavy (non-hydrogen) atoms. The van der Waals surface area contributed by atoms with Crippen molar-refractivity contribution in [3.8, 4) is 0 Å². The van der Waals surface area contributed by atoms with Gasteiger partial charge in [-0.25, -0.2) is 0 Å². The molecule has 2 nitrogen and oxygen atoms in total. The van der Waals surface area contributed by atoms with Crippen molar-refractivity contribution < 1.29 is 9.53 Å². The third kappa shape index (κ3) is 2.47. The molecule has 0 atom stereocenters. The van der Waals surface area contributed by atoms with E-state index in [1.807, 2.05) is 24.3 Å². The standard InChI is InChI=1S/C14H14O2/c1-16-10-14(15)9-11-6-7-12-4-2-3-5-13(12)8-11/h2-8H,9-10H2,1H3. The topological polar surface area (TPSA) is 26.3 Å². The number of carbonyl (C=O) groups is 1. The number of benzene rings is 2. The van der Waals surface area contributed by atoms with Crippen molar-refractivity contribution in [2.75, 3.05) is 13.7 Å². The van der Waals surface area contributed by atoms with Crippen LogP contribution >= 0.6 is 0 Å². The lowest BCUT2D eigenvalue weighted by Gasteiger charge is -2.03. The molecule has 0 unspecified atom stereocenters. The molecule has 0 aliphatic rings. The molecule has 0 saturated heterocycles. The molecular formula is C14H14O2. The predicted octanol–water partition coefficient (Wildman–Crippen LogP) is 2.60. The maximum Gasteiger partial charge on any atom is 0.162 e. The van der Waals surface area contributed by atoms with Crippen LogP contribution in [0.4, 0.5) is 0 Å². The lowest BCUT2D eigenvalue weighted by atomic mass is 10.0. The number of rotatable bonds is 4. The van der Waals surface area contributed by atoms with Gasteiger partial charge in [0.15, 0.2) is 5.78 Å². The summed E-state index contributed by atoms with van der Waals surface area (Å²) in [6.07, 6.45) is 0.443. The monoisotopic (exact) mass is 214 g/mol. The minimum absolute atomic E-state index is 0.109. The lowest BCUT2D eigenvalue weighted by Crippen LogP contribution is -2.09. The molecule has 0 N–H and O–H groups in total. The molecule has 0 fully saturated rings. The molecule has 0 aromatic heterocycles. The Hall–Kier alpha value is -1.67. The number of fused-ring (bicyclic) bond motifs is 1. The summed E-state index contributed by atoms with van der Waals surface area (Å²) in [5.41, 5.74) is 1.04. The van der Waals surface area contributed by atoms with Crippen LogP contribution in [0.1, 0.15) is 5.56 Å². The fourth-order valence-corrected chi connectivity index (χ4v) is 1.79. The summed E-state index contributed by atoms with van der Waals surface area (Å²) in [4.78, 5) is 11.4. The highest BCUT2D eigenvalue weighted by Crippen LogP contribution is 2.15. The molecule has 82 valence electrons. The Kier molecular flexibility index (Phi) is 3.32. The molecule has 2 heteroatoms. The number of carbonyl (C=O) groups excluding carboxylic acids is 1. The third-order valence-electron chi connectivity index (χ3n) is 2.52. The van der Waals surface area contributed by atoms with Crippen molar-refractivity contribution in [1.29, 1.82) is 0 Å². The quantitative estimate of drug-likeness (QED) is 0.782.